The van der Waals surface area contributed by atoms with Gasteiger partial charge in [-0.1, -0.05) is 41.4 Å². The Morgan fingerprint density at radius 3 is 2.70 bits per heavy atom. The topological polar surface area (TPSA) is 26.3 Å². The number of hydrogen-bond donors (Lipinski definition) is 0. The first-order valence-electron chi connectivity index (χ1n) is 6.64. The number of esters is 1. The molecule has 0 aliphatic heterocycles. The molecule has 0 radical (unpaired) electrons. The molecule has 2 rings (SSSR count). The lowest BCUT2D eigenvalue weighted by Crippen LogP contribution is -2.04. The van der Waals surface area contributed by atoms with Gasteiger partial charge in [-0.2, -0.15) is 0 Å². The number of carbonyl (C=O) groups excluding carboxylic acids is 1. The molecule has 4 heteroatoms. The molecule has 0 bridgehead atoms. The monoisotopic (exact) mass is 310 g/mol. The summed E-state index contributed by atoms with van der Waals surface area (Å²) in [4.78, 5) is 11.3. The van der Waals surface area contributed by atoms with Crippen molar-refractivity contribution in [1.82, 2.24) is 0 Å². The Labute approximate surface area is 128 Å². The summed E-state index contributed by atoms with van der Waals surface area (Å²) in [6.07, 6.45) is 2.01. The van der Waals surface area contributed by atoms with Gasteiger partial charge in [-0.15, -0.1) is 0 Å². The summed E-state index contributed by atoms with van der Waals surface area (Å²) in [5.41, 5.74) is 1.17. The summed E-state index contributed by atoms with van der Waals surface area (Å²) < 4.78 is 4.92. The van der Waals surface area contributed by atoms with Crippen LogP contribution in [0.25, 0.3) is 10.8 Å². The second-order valence-corrected chi connectivity index (χ2v) is 5.38. The maximum absolute atomic E-state index is 11.3. The van der Waals surface area contributed by atoms with E-state index in [1.54, 1.807) is 0 Å². The third-order valence-corrected chi connectivity index (χ3v) is 3.87. The smallest absolute Gasteiger partial charge is 0.305 e. The molecule has 0 aromatic heterocycles. The molecule has 2 aromatic carbocycles. The Kier molecular flexibility index (Phi) is 5.27. The highest BCUT2D eigenvalue weighted by Crippen LogP contribution is 2.30. The number of aryl methyl sites for hydroxylation is 1. The molecule has 0 N–H and O–H groups in total. The fourth-order valence-electron chi connectivity index (χ4n) is 2.21. The van der Waals surface area contributed by atoms with Crippen LogP contribution in [-0.2, 0) is 16.0 Å². The molecule has 2 aromatic rings. The summed E-state index contributed by atoms with van der Waals surface area (Å²) >= 11 is 12.1. The van der Waals surface area contributed by atoms with Gasteiger partial charge in [-0.25, -0.2) is 0 Å². The molecular weight excluding hydrogens is 295 g/mol. The molecule has 0 fully saturated rings. The van der Waals surface area contributed by atoms with E-state index in [1.165, 1.54) is 5.56 Å². The minimum Gasteiger partial charge on any atom is -0.466 e. The van der Waals surface area contributed by atoms with Gasteiger partial charge in [0.15, 0.2) is 0 Å². The van der Waals surface area contributed by atoms with Crippen molar-refractivity contribution in [3.8, 4) is 0 Å². The van der Waals surface area contributed by atoms with Crippen LogP contribution in [-0.4, -0.2) is 12.6 Å². The highest BCUT2D eigenvalue weighted by molar-refractivity contribution is 6.42. The third-order valence-electron chi connectivity index (χ3n) is 3.14. The molecule has 0 heterocycles. The molecule has 0 atom stereocenters. The Bertz CT molecular complexity index is 623. The molecule has 106 valence electrons. The van der Waals surface area contributed by atoms with E-state index in [4.69, 9.17) is 27.9 Å². The van der Waals surface area contributed by atoms with Crippen molar-refractivity contribution in [2.45, 2.75) is 26.2 Å². The number of benzene rings is 2. The van der Waals surface area contributed by atoms with Gasteiger partial charge in [0.2, 0.25) is 0 Å². The van der Waals surface area contributed by atoms with E-state index in [9.17, 15) is 4.79 Å². The average Bonchev–Trinajstić information content (AvgIpc) is 2.41. The maximum atomic E-state index is 11.3. The highest BCUT2D eigenvalue weighted by atomic mass is 35.5. The molecule has 2 nitrogen and oxygen atoms in total. The predicted octanol–water partition coefficient (Wildman–Crippen LogP) is 5.03. The van der Waals surface area contributed by atoms with Gasteiger partial charge in [0.1, 0.15) is 0 Å². The number of fused-ring (bicyclic) bond motifs is 1. The van der Waals surface area contributed by atoms with Crippen molar-refractivity contribution in [1.29, 1.82) is 0 Å². The first kappa shape index (κ1) is 15.1. The second kappa shape index (κ2) is 6.96. The van der Waals surface area contributed by atoms with Crippen molar-refractivity contribution in [3.05, 3.63) is 45.9 Å². The molecule has 0 amide bonds. The molecule has 0 saturated heterocycles. The average molecular weight is 311 g/mol. The Hall–Kier alpha value is -1.25. The highest BCUT2D eigenvalue weighted by Gasteiger charge is 2.07. The summed E-state index contributed by atoms with van der Waals surface area (Å²) in [6.45, 7) is 2.25. The van der Waals surface area contributed by atoms with Crippen LogP contribution in [0.3, 0.4) is 0 Å². The molecular formula is C16H16Cl2O2. The lowest BCUT2D eigenvalue weighted by Gasteiger charge is -2.08. The van der Waals surface area contributed by atoms with E-state index in [2.05, 4.69) is 6.07 Å². The van der Waals surface area contributed by atoms with Crippen LogP contribution < -0.4 is 0 Å². The van der Waals surface area contributed by atoms with E-state index in [0.29, 0.717) is 23.1 Å². The molecule has 0 aliphatic rings. The summed E-state index contributed by atoms with van der Waals surface area (Å²) in [7, 11) is 0. The molecule has 0 unspecified atom stereocenters. The van der Waals surface area contributed by atoms with Crippen LogP contribution in [0.4, 0.5) is 0 Å². The standard InChI is InChI=1S/C16H16Cl2O2/c1-2-20-16(19)8-4-6-11-5-3-7-12-9-14(17)15(18)10-13(11)12/h3,5,7,9-10H,2,4,6,8H2,1H3. The largest absolute Gasteiger partial charge is 0.466 e. The summed E-state index contributed by atoms with van der Waals surface area (Å²) in [6, 6.07) is 9.81. The van der Waals surface area contributed by atoms with Gasteiger partial charge in [-0.05, 0) is 48.2 Å². The van der Waals surface area contributed by atoms with Gasteiger partial charge >= 0.3 is 5.97 Å². The minimum absolute atomic E-state index is 0.145. The van der Waals surface area contributed by atoms with Gasteiger partial charge < -0.3 is 4.74 Å². The van der Waals surface area contributed by atoms with Gasteiger partial charge in [0, 0.05) is 6.42 Å². The van der Waals surface area contributed by atoms with Crippen LogP contribution in [0.5, 0.6) is 0 Å². The normalized spacial score (nSPS) is 10.8. The molecule has 20 heavy (non-hydrogen) atoms. The Balaban J connectivity index is 2.14. The Morgan fingerprint density at radius 1 is 1.20 bits per heavy atom. The zero-order valence-electron chi connectivity index (χ0n) is 11.3. The van der Waals surface area contributed by atoms with Gasteiger partial charge in [0.05, 0.1) is 16.7 Å². The van der Waals surface area contributed by atoms with Gasteiger partial charge in [-0.3, -0.25) is 4.79 Å². The third kappa shape index (κ3) is 3.65. The van der Waals surface area contributed by atoms with Crippen LogP contribution in [0.1, 0.15) is 25.3 Å². The van der Waals surface area contributed by atoms with Crippen LogP contribution in [0, 0.1) is 0 Å². The van der Waals surface area contributed by atoms with E-state index < -0.39 is 0 Å². The van der Waals surface area contributed by atoms with Crippen LogP contribution in [0.2, 0.25) is 10.0 Å². The summed E-state index contributed by atoms with van der Waals surface area (Å²) in [5.74, 6) is -0.145. The summed E-state index contributed by atoms with van der Waals surface area (Å²) in [5, 5.41) is 3.26. The lowest BCUT2D eigenvalue weighted by atomic mass is 10.0. The minimum atomic E-state index is -0.145. The zero-order valence-corrected chi connectivity index (χ0v) is 12.8. The van der Waals surface area contributed by atoms with E-state index in [-0.39, 0.29) is 5.97 Å². The fraction of sp³-hybridized carbons (Fsp3) is 0.312. The number of carbonyl (C=O) groups is 1. The fourth-order valence-corrected chi connectivity index (χ4v) is 2.55. The van der Waals surface area contributed by atoms with Crippen molar-refractivity contribution < 1.29 is 9.53 Å². The SMILES string of the molecule is CCOC(=O)CCCc1cccc2cc(Cl)c(Cl)cc12. The number of ether oxygens (including phenoxy) is 1. The van der Waals surface area contributed by atoms with Crippen molar-refractivity contribution in [3.63, 3.8) is 0 Å². The van der Waals surface area contributed by atoms with Gasteiger partial charge in [0.25, 0.3) is 0 Å². The predicted molar refractivity (Wildman–Crippen MR) is 83.5 cm³/mol. The second-order valence-electron chi connectivity index (χ2n) is 4.56. The molecule has 0 saturated carbocycles. The number of hydrogen-bond acceptors (Lipinski definition) is 2. The van der Waals surface area contributed by atoms with Crippen molar-refractivity contribution >= 4 is 39.9 Å². The number of rotatable bonds is 5. The van der Waals surface area contributed by atoms with Crippen LogP contribution >= 0.6 is 23.2 Å². The quantitative estimate of drug-likeness (QED) is 0.724. The Morgan fingerprint density at radius 2 is 1.95 bits per heavy atom. The molecule has 0 spiro atoms. The van der Waals surface area contributed by atoms with Crippen molar-refractivity contribution in [2.75, 3.05) is 6.61 Å². The number of halogens is 2. The van der Waals surface area contributed by atoms with Crippen LogP contribution in [0.15, 0.2) is 30.3 Å². The first-order chi connectivity index (χ1) is 9.61. The maximum Gasteiger partial charge on any atom is 0.305 e. The van der Waals surface area contributed by atoms with Crippen molar-refractivity contribution in [2.24, 2.45) is 0 Å². The zero-order chi connectivity index (χ0) is 14.5. The first-order valence-corrected chi connectivity index (χ1v) is 7.39. The molecule has 0 aliphatic carbocycles. The van der Waals surface area contributed by atoms with E-state index in [0.717, 1.165) is 23.6 Å². The lowest BCUT2D eigenvalue weighted by molar-refractivity contribution is -0.143. The van der Waals surface area contributed by atoms with E-state index >= 15 is 0 Å². The van der Waals surface area contributed by atoms with E-state index in [1.807, 2.05) is 31.2 Å².